The van der Waals surface area contributed by atoms with Gasteiger partial charge in [-0.25, -0.2) is 0 Å². The lowest BCUT2D eigenvalue weighted by molar-refractivity contribution is -0.0660. The second kappa shape index (κ2) is 6.43. The molecule has 0 aliphatic carbocycles. The van der Waals surface area contributed by atoms with Crippen molar-refractivity contribution in [1.29, 1.82) is 0 Å². The molecular weight excluding hydrogens is 294 g/mol. The smallest absolute Gasteiger partial charge is 0.155 e. The Morgan fingerprint density at radius 3 is 2.17 bits per heavy atom. The summed E-state index contributed by atoms with van der Waals surface area (Å²) >= 11 is 0. The molecule has 0 radical (unpaired) electrons. The van der Waals surface area contributed by atoms with Gasteiger partial charge >= 0.3 is 0 Å². The van der Waals surface area contributed by atoms with Crippen LogP contribution < -0.4 is 0 Å². The average molecular weight is 319 g/mol. The van der Waals surface area contributed by atoms with E-state index in [0.717, 1.165) is 30.8 Å². The van der Waals surface area contributed by atoms with E-state index >= 15 is 0 Å². The number of hydrogen-bond donors (Lipinski definition) is 1. The van der Waals surface area contributed by atoms with E-state index in [1.165, 1.54) is 12.8 Å². The summed E-state index contributed by atoms with van der Waals surface area (Å²) < 4.78 is 0. The zero-order valence-electron chi connectivity index (χ0n) is 13.9. The van der Waals surface area contributed by atoms with E-state index < -0.39 is 5.60 Å². The summed E-state index contributed by atoms with van der Waals surface area (Å²) in [7, 11) is 0. The molecule has 0 aromatic heterocycles. The van der Waals surface area contributed by atoms with E-state index in [4.69, 9.17) is 0 Å². The third-order valence-corrected chi connectivity index (χ3v) is 5.58. The molecule has 1 N–H and O–H groups in total. The van der Waals surface area contributed by atoms with E-state index in [-0.39, 0.29) is 7.34 Å². The Balaban J connectivity index is 0.00000182. The van der Waals surface area contributed by atoms with Crippen LogP contribution >= 0.6 is 0 Å². The molecule has 2 unspecified atom stereocenters. The molecule has 3 fully saturated rings. The lowest BCUT2D eigenvalue weighted by atomic mass is 9.68. The summed E-state index contributed by atoms with van der Waals surface area (Å²) in [5.74, 6) is 7.22. The lowest BCUT2D eigenvalue weighted by Gasteiger charge is -2.49. The number of hydrogen-bond acceptors (Lipinski definition) is 2. The van der Waals surface area contributed by atoms with Gasteiger partial charge in [0.1, 0.15) is 0 Å². The highest BCUT2D eigenvalue weighted by molar-refractivity contribution is 5.41. The summed E-state index contributed by atoms with van der Waals surface area (Å²) in [6.45, 7) is 3.27. The highest BCUT2D eigenvalue weighted by atomic mass is 16.3. The summed E-state index contributed by atoms with van der Waals surface area (Å²) in [6.07, 6.45) is 2.35. The predicted molar refractivity (Wildman–Crippen MR) is 98.4 cm³/mol. The molecule has 3 aliphatic heterocycles. The van der Waals surface area contributed by atoms with Crippen molar-refractivity contribution in [3.63, 3.8) is 0 Å². The summed E-state index contributed by atoms with van der Waals surface area (Å²) in [5, 5.41) is 11.7. The molecular formula is C22H25NO. The molecule has 0 saturated carbocycles. The van der Waals surface area contributed by atoms with E-state index in [9.17, 15) is 5.11 Å². The molecule has 0 amide bonds. The van der Waals surface area contributed by atoms with Gasteiger partial charge in [-0.2, -0.15) is 0 Å². The maximum Gasteiger partial charge on any atom is 0.155 e. The fourth-order valence-electron chi connectivity index (χ4n) is 4.20. The fourth-order valence-corrected chi connectivity index (χ4v) is 4.20. The number of benzene rings is 2. The fraction of sp³-hybridized carbons (Fsp3) is 0.364. The molecule has 0 spiro atoms. The van der Waals surface area contributed by atoms with Crippen molar-refractivity contribution in [3.05, 3.63) is 71.8 Å². The predicted octanol–water partition coefficient (Wildman–Crippen LogP) is 3.51. The third kappa shape index (κ3) is 2.86. The molecule has 5 rings (SSSR count). The van der Waals surface area contributed by atoms with Crippen LogP contribution in [0.3, 0.4) is 0 Å². The van der Waals surface area contributed by atoms with Crippen LogP contribution in [0.25, 0.3) is 0 Å². The minimum atomic E-state index is -1.08. The number of aliphatic hydroxyl groups is 1. The monoisotopic (exact) mass is 319 g/mol. The van der Waals surface area contributed by atoms with Crippen LogP contribution in [0.15, 0.2) is 60.7 Å². The molecule has 2 aromatic rings. The number of rotatable bonds is 2. The van der Waals surface area contributed by atoms with Crippen molar-refractivity contribution in [2.75, 3.05) is 19.6 Å². The summed E-state index contributed by atoms with van der Waals surface area (Å²) in [5.41, 5.74) is 0.793. The van der Waals surface area contributed by atoms with Crippen LogP contribution in [0.4, 0.5) is 0 Å². The number of fused-ring (bicyclic) bond motifs is 3. The van der Waals surface area contributed by atoms with Gasteiger partial charge in [0, 0.05) is 19.5 Å². The van der Waals surface area contributed by atoms with Crippen LogP contribution in [0.2, 0.25) is 0 Å². The normalized spacial score (nSPS) is 27.8. The van der Waals surface area contributed by atoms with Crippen molar-refractivity contribution in [3.8, 4) is 11.8 Å². The second-order valence-electron chi connectivity index (χ2n) is 6.99. The van der Waals surface area contributed by atoms with Gasteiger partial charge in [-0.05, 0) is 49.5 Å². The van der Waals surface area contributed by atoms with E-state index in [1.807, 2.05) is 60.7 Å². The van der Waals surface area contributed by atoms with Crippen LogP contribution in [0.5, 0.6) is 0 Å². The Kier molecular flexibility index (Phi) is 4.14. The minimum Gasteiger partial charge on any atom is -0.373 e. The number of nitrogens with zero attached hydrogens (tertiary/aromatic N) is 1. The summed E-state index contributed by atoms with van der Waals surface area (Å²) in [4.78, 5) is 2.47. The van der Waals surface area contributed by atoms with Crippen molar-refractivity contribution >= 4 is 0 Å². The maximum atomic E-state index is 11.7. The Labute approximate surface area is 145 Å². The molecule has 3 heterocycles. The van der Waals surface area contributed by atoms with E-state index in [1.54, 1.807) is 0 Å². The highest BCUT2D eigenvalue weighted by Crippen LogP contribution is 2.43. The van der Waals surface area contributed by atoms with E-state index in [2.05, 4.69) is 16.7 Å². The summed E-state index contributed by atoms with van der Waals surface area (Å²) in [6, 6.07) is 19.9. The van der Waals surface area contributed by atoms with Gasteiger partial charge in [0.15, 0.2) is 5.60 Å². The van der Waals surface area contributed by atoms with Gasteiger partial charge in [0.2, 0.25) is 0 Å². The molecule has 24 heavy (non-hydrogen) atoms. The van der Waals surface area contributed by atoms with Crippen LogP contribution in [-0.2, 0) is 5.60 Å². The Morgan fingerprint density at radius 1 is 0.958 bits per heavy atom. The van der Waals surface area contributed by atoms with Crippen LogP contribution in [0, 0.1) is 23.7 Å². The first-order chi connectivity index (χ1) is 11.8. The molecule has 3 aliphatic rings. The molecule has 2 atom stereocenters. The lowest BCUT2D eigenvalue weighted by Crippen LogP contribution is -2.54. The zero-order chi connectivity index (χ0) is 16.4. The third-order valence-electron chi connectivity index (χ3n) is 5.58. The number of piperidine rings is 3. The quantitative estimate of drug-likeness (QED) is 0.856. The first kappa shape index (κ1) is 15.4. The average Bonchev–Trinajstić information content (AvgIpc) is 2.68. The Bertz CT molecular complexity index is 744. The van der Waals surface area contributed by atoms with Crippen LogP contribution in [-0.4, -0.2) is 29.6 Å². The standard InChI is InChI=1S/C22H23NO.H2/c24-22(20-9-5-2-6-10-20,14-11-18-7-3-1-4-8-18)21-17-23-15-12-19(21)13-16-23;/h1-10,19,21,24H,12-13,15-17H2;1H. The first-order valence-corrected chi connectivity index (χ1v) is 8.84. The highest BCUT2D eigenvalue weighted by Gasteiger charge is 2.46. The van der Waals surface area contributed by atoms with Gasteiger partial charge in [-0.15, -0.1) is 0 Å². The van der Waals surface area contributed by atoms with E-state index in [0.29, 0.717) is 5.92 Å². The maximum absolute atomic E-state index is 11.7. The van der Waals surface area contributed by atoms with Crippen molar-refractivity contribution < 1.29 is 6.53 Å². The molecule has 2 bridgehead atoms. The topological polar surface area (TPSA) is 23.5 Å². The second-order valence-corrected chi connectivity index (χ2v) is 6.99. The SMILES string of the molecule is OC(C#Cc1ccccc1)(c1ccccc1)C1CN2CCC1CC2.[HH]. The molecule has 2 heteroatoms. The molecule has 3 saturated heterocycles. The van der Waals surface area contributed by atoms with Crippen molar-refractivity contribution in [1.82, 2.24) is 4.90 Å². The van der Waals surface area contributed by atoms with Crippen LogP contribution in [0.1, 0.15) is 25.4 Å². The largest absolute Gasteiger partial charge is 0.373 e. The van der Waals surface area contributed by atoms with Gasteiger partial charge in [-0.1, -0.05) is 60.4 Å². The Morgan fingerprint density at radius 2 is 1.58 bits per heavy atom. The van der Waals surface area contributed by atoms with Gasteiger partial charge in [-0.3, -0.25) is 0 Å². The van der Waals surface area contributed by atoms with Crippen molar-refractivity contribution in [2.24, 2.45) is 11.8 Å². The Hall–Kier alpha value is -2.08. The van der Waals surface area contributed by atoms with Crippen molar-refractivity contribution in [2.45, 2.75) is 18.4 Å². The zero-order valence-corrected chi connectivity index (χ0v) is 13.9. The molecule has 2 nitrogen and oxygen atoms in total. The molecule has 2 aromatic carbocycles. The van der Waals surface area contributed by atoms with Gasteiger partial charge in [0.05, 0.1) is 0 Å². The van der Waals surface area contributed by atoms with Gasteiger partial charge < -0.3 is 10.0 Å². The minimum absolute atomic E-state index is 0. The van der Waals surface area contributed by atoms with Gasteiger partial charge in [0.25, 0.3) is 0 Å². The molecule has 124 valence electrons. The first-order valence-electron chi connectivity index (χ1n) is 8.84.